The van der Waals surface area contributed by atoms with E-state index in [4.69, 9.17) is 0 Å². The molecule has 0 aromatic carbocycles. The highest BCUT2D eigenvalue weighted by Gasteiger charge is 0.938. The van der Waals surface area contributed by atoms with E-state index in [2.05, 4.69) is 19.8 Å². The summed E-state index contributed by atoms with van der Waals surface area (Å²) in [6.45, 7) is 16.0. The van der Waals surface area contributed by atoms with Gasteiger partial charge in [0.15, 0.2) is 0 Å². The van der Waals surface area contributed by atoms with E-state index in [1.807, 2.05) is 55.4 Å². The predicted octanol–water partition coefficient (Wildman–Crippen LogP) is 4.70. The van der Waals surface area contributed by atoms with E-state index in [9.17, 15) is 0 Å². The van der Waals surface area contributed by atoms with E-state index in [0.717, 1.165) is 0 Å². The molecule has 0 unspecified atom stereocenters. The Morgan fingerprint density at radius 1 is 0.500 bits per heavy atom. The van der Waals surface area contributed by atoms with Gasteiger partial charge in [0.25, 0.3) is 0 Å². The molecule has 0 heterocycles. The van der Waals surface area contributed by atoms with Crippen molar-refractivity contribution in [3.05, 3.63) is 0 Å². The first-order valence-electron chi connectivity index (χ1n) is 4.20. The molecule has 68 valence electrons. The average Bonchev–Trinajstić information content (AvgIpc) is 2.20. The van der Waals surface area contributed by atoms with Gasteiger partial charge in [-0.15, -0.1) is 0 Å². The lowest BCUT2D eigenvalue weighted by atomic mass is 11.0. The van der Waals surface area contributed by atoms with E-state index < -0.39 is 0 Å². The number of hydrogen-bond donors (Lipinski definition) is 0. The Labute approximate surface area is 75.7 Å². The molecule has 0 saturated heterocycles. The van der Waals surface area contributed by atoms with Crippen molar-refractivity contribution in [1.29, 1.82) is 0 Å². The maximum absolute atomic E-state index is 3.89. The molecule has 0 bridgehead atoms. The van der Waals surface area contributed by atoms with Crippen LogP contribution in [0.3, 0.4) is 0 Å². The lowest BCUT2D eigenvalue weighted by Crippen LogP contribution is -0.856. The Kier molecular flexibility index (Phi) is 8000. The Hall–Kier alpha value is 0.520. The lowest BCUT2D eigenvalue weighted by Gasteiger charge is -1.07. The molecule has 0 aliphatic rings. The zero-order valence-electron chi connectivity index (χ0n) is 8.91. The van der Waals surface area contributed by atoms with Gasteiger partial charge in [0.05, 0.1) is 0 Å². The van der Waals surface area contributed by atoms with Gasteiger partial charge in [0, 0.05) is 0 Å². The number of rotatable bonds is 0. The van der Waals surface area contributed by atoms with Crippen molar-refractivity contribution in [2.45, 2.75) is 55.4 Å². The summed E-state index contributed by atoms with van der Waals surface area (Å²) in [6.07, 6.45) is 0. The van der Waals surface area contributed by atoms with Gasteiger partial charge in [-0.1, -0.05) is 67.2 Å². The van der Waals surface area contributed by atoms with Gasteiger partial charge < -0.3 is 0 Å². The topological polar surface area (TPSA) is 0 Å². The Balaban J connectivity index is -0.0000000104. The molecule has 0 atom stereocenters. The highest BCUT2D eigenvalue weighted by Crippen LogP contribution is 1.26. The van der Waals surface area contributed by atoms with E-state index in [0.29, 0.717) is 0 Å². The zero-order valence-corrected chi connectivity index (χ0v) is 10.7. The molecule has 0 nitrogen and oxygen atoms in total. The first kappa shape index (κ1) is 31.3. The highest BCUT2D eigenvalue weighted by molar-refractivity contribution is 7.88. The van der Waals surface area contributed by atoms with Gasteiger partial charge in [0.2, 0.25) is 0 Å². The molecular weight excluding hydrogens is 159 g/mol. The van der Waals surface area contributed by atoms with Gasteiger partial charge >= 0.3 is 0 Å². The summed E-state index contributed by atoms with van der Waals surface area (Å²) in [7, 11) is 2.56. The van der Waals surface area contributed by atoms with Crippen molar-refractivity contribution in [3.8, 4) is 0 Å². The largest absolute Gasteiger partial charge is 0.0683 e. The van der Waals surface area contributed by atoms with Crippen LogP contribution in [0, 0.1) is 0 Å². The van der Waals surface area contributed by atoms with Crippen LogP contribution in [0.15, 0.2) is 0 Å². The normalized spacial score (nSPS) is 2.80. The van der Waals surface area contributed by atoms with Gasteiger partial charge in [0.1, 0.15) is 0 Å². The molecule has 0 spiro atoms. The minimum atomic E-state index is 2.00. The van der Waals surface area contributed by atoms with E-state index in [-0.39, 0.29) is 0 Å². The van der Waals surface area contributed by atoms with Crippen molar-refractivity contribution in [3.63, 3.8) is 0 Å². The van der Waals surface area contributed by atoms with E-state index in [1.165, 1.54) is 0 Å². The Bertz CT molecular complexity index is 9.22. The molecule has 0 amide bonds. The fraction of sp³-hybridized carbons (Fsp3) is 1.00. The summed E-state index contributed by atoms with van der Waals surface area (Å²) in [4.78, 5) is 0. The fourth-order valence-corrected chi connectivity index (χ4v) is 0. The van der Waals surface area contributed by atoms with Crippen LogP contribution in [0.4, 0.5) is 0 Å². The zero-order chi connectivity index (χ0) is 10.0. The summed E-state index contributed by atoms with van der Waals surface area (Å²) in [5.74, 6) is 0. The van der Waals surface area contributed by atoms with Crippen LogP contribution in [0.5, 0.6) is 0 Å². The van der Waals surface area contributed by atoms with E-state index >= 15 is 0 Å². The van der Waals surface area contributed by atoms with Crippen LogP contribution >= 0.6 is 8.02 Å². The third kappa shape index (κ3) is 1780. The Morgan fingerprint density at radius 3 is 0.500 bits per heavy atom. The molecule has 0 N–H and O–H groups in total. The second-order valence-electron chi connectivity index (χ2n) is 0. The standard InChI is InChI=1S/4C2H6.HPS/c5*1-2/h4*1-2H3;1H. The van der Waals surface area contributed by atoms with Crippen molar-refractivity contribution < 1.29 is 0 Å². The van der Waals surface area contributed by atoms with Gasteiger partial charge in [-0.05, 0) is 8.02 Å². The minimum absolute atomic E-state index is 2.00. The fourth-order valence-electron chi connectivity index (χ4n) is 0. The quantitative estimate of drug-likeness (QED) is 0.492. The molecule has 10 heavy (non-hydrogen) atoms. The monoisotopic (exact) mass is 184 g/mol. The smallest absolute Gasteiger partial charge is 0.0437 e. The van der Waals surface area contributed by atoms with Crippen LogP contribution in [0.25, 0.3) is 0 Å². The van der Waals surface area contributed by atoms with Crippen molar-refractivity contribution in [2.75, 3.05) is 0 Å². The summed E-state index contributed by atoms with van der Waals surface area (Å²) in [5.41, 5.74) is 0. The SMILES string of the molecule is CC.CC.CC.CC.P=S. The lowest BCUT2D eigenvalue weighted by molar-refractivity contribution is 1.50. The molecule has 0 aromatic rings. The maximum Gasteiger partial charge on any atom is -0.0437 e. The van der Waals surface area contributed by atoms with Gasteiger partial charge in [-0.25, -0.2) is 0 Å². The highest BCUT2D eigenvalue weighted by atomic mass is 32.4. The second-order valence-corrected chi connectivity index (χ2v) is 0. The van der Waals surface area contributed by atoms with Crippen LogP contribution in [0.1, 0.15) is 55.4 Å². The molecule has 0 aliphatic heterocycles. The number of hydrogen-bond acceptors (Lipinski definition) is 1. The molecule has 0 aromatic heterocycles. The molecule has 0 aliphatic carbocycles. The molecule has 0 fully saturated rings. The molecule has 0 rings (SSSR count). The van der Waals surface area contributed by atoms with Gasteiger partial charge in [-0.3, -0.25) is 0 Å². The molecular formula is C8H25PS. The van der Waals surface area contributed by atoms with Crippen LogP contribution in [0.2, 0.25) is 0 Å². The third-order valence-corrected chi connectivity index (χ3v) is 0. The summed E-state index contributed by atoms with van der Waals surface area (Å²) in [6, 6.07) is 0. The van der Waals surface area contributed by atoms with Crippen molar-refractivity contribution in [1.82, 2.24) is 0 Å². The van der Waals surface area contributed by atoms with Crippen LogP contribution < -0.4 is 0 Å². The average molecular weight is 184 g/mol. The Morgan fingerprint density at radius 2 is 0.500 bits per heavy atom. The maximum atomic E-state index is 3.89. The molecule has 0 radical (unpaired) electrons. The minimum Gasteiger partial charge on any atom is -0.0683 e. The first-order valence-corrected chi connectivity index (χ1v) is 5.84. The first-order chi connectivity index (χ1) is 5.00. The van der Waals surface area contributed by atoms with Crippen LogP contribution in [-0.2, 0) is 11.8 Å². The van der Waals surface area contributed by atoms with Gasteiger partial charge in [-0.2, -0.15) is 0 Å². The van der Waals surface area contributed by atoms with Crippen LogP contribution in [-0.4, -0.2) is 0 Å². The molecule has 0 saturated carbocycles. The summed E-state index contributed by atoms with van der Waals surface area (Å²) >= 11 is 3.89. The van der Waals surface area contributed by atoms with E-state index in [1.54, 1.807) is 0 Å². The van der Waals surface area contributed by atoms with Crippen molar-refractivity contribution in [2.24, 2.45) is 0 Å². The summed E-state index contributed by atoms with van der Waals surface area (Å²) < 4.78 is 0. The molecule has 2 heteroatoms. The van der Waals surface area contributed by atoms with Crippen molar-refractivity contribution >= 4 is 19.8 Å². The summed E-state index contributed by atoms with van der Waals surface area (Å²) in [5, 5.41) is 0. The predicted molar refractivity (Wildman–Crippen MR) is 61.1 cm³/mol. The third-order valence-electron chi connectivity index (χ3n) is 0. The second kappa shape index (κ2) is 2560.